The molecule has 0 unspecified atom stereocenters. The van der Waals surface area contributed by atoms with Crippen LogP contribution >= 0.6 is 0 Å². The summed E-state index contributed by atoms with van der Waals surface area (Å²) in [6.07, 6.45) is 4.84. The number of hydrogen-bond acceptors (Lipinski definition) is 1. The van der Waals surface area contributed by atoms with Crippen LogP contribution in [0.2, 0.25) is 0 Å². The van der Waals surface area contributed by atoms with E-state index < -0.39 is 12.1 Å². The number of alkyl halides is 1. The SMILES string of the molecule is CCCCCCCC[C@@H](F)C(=O)O. The molecule has 0 aliphatic heterocycles. The second kappa shape index (κ2) is 8.02. The Labute approximate surface area is 79.1 Å². The van der Waals surface area contributed by atoms with Gasteiger partial charge in [0.15, 0.2) is 6.17 Å². The maximum absolute atomic E-state index is 12.5. The molecule has 0 saturated carbocycles. The summed E-state index contributed by atoms with van der Waals surface area (Å²) in [5, 5.41) is 8.25. The van der Waals surface area contributed by atoms with Gasteiger partial charge in [-0.25, -0.2) is 9.18 Å². The van der Waals surface area contributed by atoms with Crippen LogP contribution in [0.5, 0.6) is 0 Å². The highest BCUT2D eigenvalue weighted by Crippen LogP contribution is 2.10. The van der Waals surface area contributed by atoms with Crippen LogP contribution in [0.15, 0.2) is 0 Å². The fraction of sp³-hybridized carbons (Fsp3) is 0.900. The summed E-state index contributed by atoms with van der Waals surface area (Å²) in [7, 11) is 0. The molecule has 2 nitrogen and oxygen atoms in total. The van der Waals surface area contributed by atoms with E-state index in [1.165, 1.54) is 19.3 Å². The first-order valence-corrected chi connectivity index (χ1v) is 5.05. The summed E-state index contributed by atoms with van der Waals surface area (Å²) in [5.41, 5.74) is 0. The molecule has 1 N–H and O–H groups in total. The minimum absolute atomic E-state index is 0.168. The highest BCUT2D eigenvalue weighted by atomic mass is 19.1. The van der Waals surface area contributed by atoms with E-state index in [1.807, 2.05) is 0 Å². The summed E-state index contributed by atoms with van der Waals surface area (Å²) in [6.45, 7) is 2.14. The molecule has 0 amide bonds. The molecule has 0 fully saturated rings. The first kappa shape index (κ1) is 12.4. The summed E-state index contributed by atoms with van der Waals surface area (Å²) in [4.78, 5) is 10.1. The minimum Gasteiger partial charge on any atom is -0.479 e. The van der Waals surface area contributed by atoms with E-state index in [4.69, 9.17) is 5.11 Å². The largest absolute Gasteiger partial charge is 0.479 e. The number of halogens is 1. The molecular formula is C10H19FO2. The zero-order valence-corrected chi connectivity index (χ0v) is 8.26. The topological polar surface area (TPSA) is 37.3 Å². The molecule has 0 bridgehead atoms. The van der Waals surface area contributed by atoms with Crippen molar-refractivity contribution in [3.63, 3.8) is 0 Å². The Morgan fingerprint density at radius 2 is 1.77 bits per heavy atom. The maximum atomic E-state index is 12.5. The van der Waals surface area contributed by atoms with Crippen molar-refractivity contribution in [3.8, 4) is 0 Å². The monoisotopic (exact) mass is 190 g/mol. The van der Waals surface area contributed by atoms with Crippen LogP contribution in [0.4, 0.5) is 4.39 Å². The Hall–Kier alpha value is -0.600. The lowest BCUT2D eigenvalue weighted by Gasteiger charge is -2.02. The fourth-order valence-electron chi connectivity index (χ4n) is 1.23. The third-order valence-corrected chi connectivity index (χ3v) is 2.08. The van der Waals surface area contributed by atoms with E-state index in [-0.39, 0.29) is 6.42 Å². The third-order valence-electron chi connectivity index (χ3n) is 2.08. The average Bonchev–Trinajstić information content (AvgIpc) is 2.10. The highest BCUT2D eigenvalue weighted by molar-refractivity contribution is 5.71. The van der Waals surface area contributed by atoms with Crippen molar-refractivity contribution in [2.75, 3.05) is 0 Å². The normalized spacial score (nSPS) is 12.8. The van der Waals surface area contributed by atoms with Gasteiger partial charge in [0.2, 0.25) is 0 Å². The van der Waals surface area contributed by atoms with Crippen LogP contribution in [-0.2, 0) is 4.79 Å². The van der Waals surface area contributed by atoms with Crippen LogP contribution in [0.1, 0.15) is 51.9 Å². The summed E-state index contributed by atoms with van der Waals surface area (Å²) < 4.78 is 12.5. The van der Waals surface area contributed by atoms with E-state index in [9.17, 15) is 9.18 Å². The Morgan fingerprint density at radius 3 is 2.31 bits per heavy atom. The fourth-order valence-corrected chi connectivity index (χ4v) is 1.23. The maximum Gasteiger partial charge on any atom is 0.338 e. The number of carboxylic acid groups (broad SMARTS) is 1. The number of rotatable bonds is 8. The van der Waals surface area contributed by atoms with E-state index in [0.29, 0.717) is 6.42 Å². The van der Waals surface area contributed by atoms with E-state index >= 15 is 0 Å². The molecule has 0 aromatic carbocycles. The van der Waals surface area contributed by atoms with Crippen molar-refractivity contribution >= 4 is 5.97 Å². The number of carbonyl (C=O) groups is 1. The molecule has 0 spiro atoms. The molecule has 0 saturated heterocycles. The third kappa shape index (κ3) is 7.75. The van der Waals surface area contributed by atoms with Gasteiger partial charge in [-0.05, 0) is 12.8 Å². The Bertz CT molecular complexity index is 137. The molecule has 1 atom stereocenters. The molecule has 78 valence electrons. The average molecular weight is 190 g/mol. The van der Waals surface area contributed by atoms with Crippen molar-refractivity contribution < 1.29 is 14.3 Å². The molecule has 0 aromatic rings. The van der Waals surface area contributed by atoms with Gasteiger partial charge in [0, 0.05) is 0 Å². The molecule has 0 rings (SSSR count). The molecule has 0 aliphatic rings. The predicted octanol–water partition coefficient (Wildman–Crippen LogP) is 3.16. The van der Waals surface area contributed by atoms with Gasteiger partial charge < -0.3 is 5.11 Å². The standard InChI is InChI=1S/C10H19FO2/c1-2-3-4-5-6-7-8-9(11)10(12)13/h9H,2-8H2,1H3,(H,12,13)/t9-/m1/s1. The first-order valence-electron chi connectivity index (χ1n) is 5.05. The van der Waals surface area contributed by atoms with Gasteiger partial charge in [-0.3, -0.25) is 0 Å². The lowest BCUT2D eigenvalue weighted by molar-refractivity contribution is -0.143. The van der Waals surface area contributed by atoms with E-state index in [1.54, 1.807) is 0 Å². The van der Waals surface area contributed by atoms with Crippen LogP contribution < -0.4 is 0 Å². The Balaban J connectivity index is 3.11. The number of aliphatic carboxylic acids is 1. The summed E-state index contributed by atoms with van der Waals surface area (Å²) in [6, 6.07) is 0. The molecular weight excluding hydrogens is 171 g/mol. The quantitative estimate of drug-likeness (QED) is 0.597. The second-order valence-corrected chi connectivity index (χ2v) is 3.36. The second-order valence-electron chi connectivity index (χ2n) is 3.36. The molecule has 0 aromatic heterocycles. The zero-order chi connectivity index (χ0) is 10.1. The zero-order valence-electron chi connectivity index (χ0n) is 8.26. The Kier molecular flexibility index (Phi) is 7.65. The van der Waals surface area contributed by atoms with E-state index in [0.717, 1.165) is 12.8 Å². The lowest BCUT2D eigenvalue weighted by Crippen LogP contribution is -2.13. The van der Waals surface area contributed by atoms with Crippen LogP contribution in [0, 0.1) is 0 Å². The molecule has 0 aliphatic carbocycles. The van der Waals surface area contributed by atoms with Gasteiger partial charge in [-0.2, -0.15) is 0 Å². The predicted molar refractivity (Wildman–Crippen MR) is 50.5 cm³/mol. The van der Waals surface area contributed by atoms with Gasteiger partial charge in [-0.15, -0.1) is 0 Å². The van der Waals surface area contributed by atoms with Crippen molar-refractivity contribution in [1.29, 1.82) is 0 Å². The molecule has 0 radical (unpaired) electrons. The number of hydrogen-bond donors (Lipinski definition) is 1. The molecule has 13 heavy (non-hydrogen) atoms. The van der Waals surface area contributed by atoms with Crippen molar-refractivity contribution in [3.05, 3.63) is 0 Å². The van der Waals surface area contributed by atoms with Crippen molar-refractivity contribution in [1.82, 2.24) is 0 Å². The first-order chi connectivity index (χ1) is 6.18. The smallest absolute Gasteiger partial charge is 0.338 e. The van der Waals surface area contributed by atoms with Crippen molar-refractivity contribution in [2.45, 2.75) is 58.0 Å². The number of unbranched alkanes of at least 4 members (excludes halogenated alkanes) is 5. The van der Waals surface area contributed by atoms with Gasteiger partial charge in [0.05, 0.1) is 0 Å². The van der Waals surface area contributed by atoms with Gasteiger partial charge in [-0.1, -0.05) is 39.0 Å². The van der Waals surface area contributed by atoms with Gasteiger partial charge >= 0.3 is 5.97 Å². The molecule has 3 heteroatoms. The highest BCUT2D eigenvalue weighted by Gasteiger charge is 2.13. The molecule has 0 heterocycles. The van der Waals surface area contributed by atoms with Crippen molar-refractivity contribution in [2.24, 2.45) is 0 Å². The number of carboxylic acids is 1. The van der Waals surface area contributed by atoms with Gasteiger partial charge in [0.1, 0.15) is 0 Å². The summed E-state index contributed by atoms with van der Waals surface area (Å²) >= 11 is 0. The minimum atomic E-state index is -1.66. The summed E-state index contributed by atoms with van der Waals surface area (Å²) in [5.74, 6) is -1.33. The van der Waals surface area contributed by atoms with Crippen LogP contribution in [0.3, 0.4) is 0 Å². The lowest BCUT2D eigenvalue weighted by atomic mass is 10.1. The van der Waals surface area contributed by atoms with Crippen LogP contribution in [-0.4, -0.2) is 17.2 Å². The van der Waals surface area contributed by atoms with E-state index in [2.05, 4.69) is 6.92 Å². The van der Waals surface area contributed by atoms with Crippen LogP contribution in [0.25, 0.3) is 0 Å². The van der Waals surface area contributed by atoms with Gasteiger partial charge in [0.25, 0.3) is 0 Å². The Morgan fingerprint density at radius 1 is 1.23 bits per heavy atom.